The van der Waals surface area contributed by atoms with E-state index in [4.69, 9.17) is 5.73 Å². The van der Waals surface area contributed by atoms with Crippen LogP contribution in [0, 0.1) is 11.6 Å². The van der Waals surface area contributed by atoms with E-state index in [0.717, 1.165) is 12.1 Å². The van der Waals surface area contributed by atoms with E-state index in [1.807, 2.05) is 0 Å². The molecule has 2 N–H and O–H groups in total. The number of nitrogens with two attached hydrogens (primary N) is 1. The molecule has 0 aliphatic carbocycles. The van der Waals surface area contributed by atoms with Crippen LogP contribution in [0.2, 0.25) is 0 Å². The van der Waals surface area contributed by atoms with Crippen LogP contribution >= 0.6 is 0 Å². The van der Waals surface area contributed by atoms with Crippen LogP contribution in [0.4, 0.5) is 14.5 Å². The molecule has 0 amide bonds. The maximum absolute atomic E-state index is 14.0. The van der Waals surface area contributed by atoms with Crippen LogP contribution in [-0.2, 0) is 0 Å². The number of nitrogen functional groups attached to an aromatic ring is 1. The Kier molecular flexibility index (Phi) is 3.06. The monoisotopic (exact) mass is 285 g/mol. The fourth-order valence-electron chi connectivity index (χ4n) is 2.02. The summed E-state index contributed by atoms with van der Waals surface area (Å²) in [5.41, 5.74) is 6.36. The maximum atomic E-state index is 14.0. The molecule has 2 aromatic carbocycles. The van der Waals surface area contributed by atoms with Gasteiger partial charge in [0.15, 0.2) is 5.82 Å². The number of nitrogens with zero attached hydrogens (tertiary/aromatic N) is 2. The second-order valence-corrected chi connectivity index (χ2v) is 4.45. The normalized spacial score (nSPS) is 10.8. The molecule has 4 nitrogen and oxygen atoms in total. The number of aromatic nitrogens is 2. The molecular weight excluding hydrogens is 276 g/mol. The lowest BCUT2D eigenvalue weighted by atomic mass is 10.1. The predicted molar refractivity (Wildman–Crippen MR) is 74.7 cm³/mol. The third-order valence-corrected chi connectivity index (χ3v) is 3.08. The molecule has 1 heterocycles. The Morgan fingerprint density at radius 3 is 2.67 bits per heavy atom. The lowest BCUT2D eigenvalue weighted by Gasteiger charge is -2.07. The van der Waals surface area contributed by atoms with Crippen LogP contribution in [-0.4, -0.2) is 16.3 Å². The van der Waals surface area contributed by atoms with Gasteiger partial charge in [-0.1, -0.05) is 0 Å². The summed E-state index contributed by atoms with van der Waals surface area (Å²) in [6, 6.07) is 6.90. The van der Waals surface area contributed by atoms with Crippen LogP contribution in [0.5, 0.6) is 0 Å². The van der Waals surface area contributed by atoms with Crippen molar-refractivity contribution in [3.8, 4) is 11.3 Å². The molecule has 0 saturated heterocycles. The quantitative estimate of drug-likeness (QED) is 0.580. The molecule has 3 rings (SSSR count). The number of hydrogen-bond acceptors (Lipinski definition) is 4. The lowest BCUT2D eigenvalue weighted by molar-refractivity contribution is 0.112. The highest BCUT2D eigenvalue weighted by atomic mass is 19.1. The minimum atomic E-state index is -0.867. The molecule has 0 bridgehead atoms. The van der Waals surface area contributed by atoms with Crippen LogP contribution in [0.1, 0.15) is 10.4 Å². The molecule has 6 heteroatoms. The zero-order valence-electron chi connectivity index (χ0n) is 10.7. The van der Waals surface area contributed by atoms with Crippen molar-refractivity contribution in [2.45, 2.75) is 0 Å². The van der Waals surface area contributed by atoms with E-state index in [9.17, 15) is 13.6 Å². The van der Waals surface area contributed by atoms with Crippen molar-refractivity contribution in [2.75, 3.05) is 5.73 Å². The first-order valence-electron chi connectivity index (χ1n) is 6.06. The Morgan fingerprint density at radius 1 is 1.10 bits per heavy atom. The predicted octanol–water partition coefficient (Wildman–Crippen LogP) is 2.97. The van der Waals surface area contributed by atoms with Gasteiger partial charge in [0.1, 0.15) is 12.1 Å². The number of carbonyl (C=O) groups excluding carboxylic acids is 1. The van der Waals surface area contributed by atoms with Crippen LogP contribution in [0.25, 0.3) is 22.3 Å². The number of hydrogen-bond donors (Lipinski definition) is 1. The first kappa shape index (κ1) is 13.1. The van der Waals surface area contributed by atoms with Crippen molar-refractivity contribution in [3.05, 3.63) is 53.7 Å². The Hall–Kier alpha value is -2.89. The molecule has 0 aliphatic heterocycles. The summed E-state index contributed by atoms with van der Waals surface area (Å²) in [6.45, 7) is 0. The molecular formula is C15H9F2N3O. The van der Waals surface area contributed by atoms with Gasteiger partial charge in [-0.15, -0.1) is 0 Å². The zero-order chi connectivity index (χ0) is 15.0. The van der Waals surface area contributed by atoms with Crippen molar-refractivity contribution in [3.63, 3.8) is 0 Å². The van der Waals surface area contributed by atoms with Gasteiger partial charge in [-0.3, -0.25) is 9.78 Å². The smallest absolute Gasteiger partial charge is 0.158 e. The molecule has 0 unspecified atom stereocenters. The van der Waals surface area contributed by atoms with Crippen molar-refractivity contribution in [2.24, 2.45) is 0 Å². The Bertz CT molecular complexity index is 865. The molecule has 0 fully saturated rings. The van der Waals surface area contributed by atoms with E-state index >= 15 is 0 Å². The van der Waals surface area contributed by atoms with Gasteiger partial charge in [-0.05, 0) is 30.3 Å². The number of fused-ring (bicyclic) bond motifs is 1. The Morgan fingerprint density at radius 2 is 1.90 bits per heavy atom. The summed E-state index contributed by atoms with van der Waals surface area (Å²) in [5, 5.41) is 0. The molecule has 0 atom stereocenters. The van der Waals surface area contributed by atoms with E-state index in [-0.39, 0.29) is 16.9 Å². The molecule has 0 saturated carbocycles. The highest BCUT2D eigenvalue weighted by molar-refractivity contribution is 5.85. The highest BCUT2D eigenvalue weighted by Crippen LogP contribution is 2.28. The topological polar surface area (TPSA) is 68.9 Å². The number of carbonyl (C=O) groups is 1. The molecule has 1 aromatic heterocycles. The highest BCUT2D eigenvalue weighted by Gasteiger charge is 2.16. The largest absolute Gasteiger partial charge is 0.396 e. The Labute approximate surface area is 118 Å². The SMILES string of the molecule is Nc1ccc(F)c(-c2cnc3cc(C=O)ccc3n2)c1F. The molecule has 21 heavy (non-hydrogen) atoms. The van der Waals surface area contributed by atoms with Crippen LogP contribution in [0.3, 0.4) is 0 Å². The van der Waals surface area contributed by atoms with Crippen molar-refractivity contribution in [1.29, 1.82) is 0 Å². The summed E-state index contributed by atoms with van der Waals surface area (Å²) < 4.78 is 27.8. The third kappa shape index (κ3) is 2.20. The van der Waals surface area contributed by atoms with E-state index in [2.05, 4.69) is 9.97 Å². The van der Waals surface area contributed by atoms with Crippen LogP contribution in [0.15, 0.2) is 36.5 Å². The fourth-order valence-corrected chi connectivity index (χ4v) is 2.02. The molecule has 0 radical (unpaired) electrons. The fraction of sp³-hybridized carbons (Fsp3) is 0. The van der Waals surface area contributed by atoms with Gasteiger partial charge in [0.2, 0.25) is 0 Å². The number of anilines is 1. The van der Waals surface area contributed by atoms with Crippen molar-refractivity contribution < 1.29 is 13.6 Å². The molecule has 0 aliphatic rings. The summed E-state index contributed by atoms with van der Waals surface area (Å²) >= 11 is 0. The van der Waals surface area contributed by atoms with Crippen molar-refractivity contribution >= 4 is 23.0 Å². The second kappa shape index (κ2) is 4.90. The van der Waals surface area contributed by atoms with Gasteiger partial charge in [0, 0.05) is 5.56 Å². The maximum Gasteiger partial charge on any atom is 0.158 e. The van der Waals surface area contributed by atoms with Crippen LogP contribution < -0.4 is 5.73 Å². The van der Waals surface area contributed by atoms with Gasteiger partial charge in [-0.2, -0.15) is 0 Å². The third-order valence-electron chi connectivity index (χ3n) is 3.08. The van der Waals surface area contributed by atoms with Gasteiger partial charge < -0.3 is 5.73 Å². The summed E-state index contributed by atoms with van der Waals surface area (Å²) in [6.07, 6.45) is 1.93. The lowest BCUT2D eigenvalue weighted by Crippen LogP contribution is -1.99. The summed E-state index contributed by atoms with van der Waals surface area (Å²) in [4.78, 5) is 19.0. The molecule has 104 valence electrons. The van der Waals surface area contributed by atoms with Gasteiger partial charge in [-0.25, -0.2) is 13.8 Å². The first-order valence-corrected chi connectivity index (χ1v) is 6.06. The van der Waals surface area contributed by atoms with Gasteiger partial charge in [0.25, 0.3) is 0 Å². The zero-order valence-corrected chi connectivity index (χ0v) is 10.7. The number of halogens is 2. The minimum absolute atomic E-state index is 0.0450. The van der Waals surface area contributed by atoms with E-state index < -0.39 is 11.6 Å². The Balaban J connectivity index is 2.22. The minimum Gasteiger partial charge on any atom is -0.396 e. The van der Waals surface area contributed by atoms with Crippen molar-refractivity contribution in [1.82, 2.24) is 9.97 Å². The summed E-state index contributed by atoms with van der Waals surface area (Å²) in [7, 11) is 0. The standard InChI is InChI=1S/C15H9F2N3O/c16-9-2-3-10(18)15(17)14(9)13-6-19-12-5-8(7-21)1-4-11(12)20-13/h1-7H,18H2. The molecule has 3 aromatic rings. The first-order chi connectivity index (χ1) is 10.1. The number of benzene rings is 2. The second-order valence-electron chi connectivity index (χ2n) is 4.45. The van der Waals surface area contributed by atoms with E-state index in [1.54, 1.807) is 18.2 Å². The van der Waals surface area contributed by atoms with Gasteiger partial charge >= 0.3 is 0 Å². The average molecular weight is 285 g/mol. The summed E-state index contributed by atoms with van der Waals surface area (Å²) in [5.74, 6) is -1.63. The molecule has 0 spiro atoms. The van der Waals surface area contributed by atoms with E-state index in [0.29, 0.717) is 22.9 Å². The average Bonchev–Trinajstić information content (AvgIpc) is 2.51. The van der Waals surface area contributed by atoms with Gasteiger partial charge in [0.05, 0.1) is 34.2 Å². The van der Waals surface area contributed by atoms with E-state index in [1.165, 1.54) is 6.20 Å². The number of rotatable bonds is 2. The number of aldehydes is 1.